The fourth-order valence-corrected chi connectivity index (χ4v) is 1.87. The Balaban J connectivity index is 2.55. The molecule has 2 N–H and O–H groups in total. The van der Waals surface area contributed by atoms with Crippen molar-refractivity contribution in [3.05, 3.63) is 29.6 Å². The third-order valence-corrected chi connectivity index (χ3v) is 2.90. The first-order valence-electron chi connectivity index (χ1n) is 6.17. The summed E-state index contributed by atoms with van der Waals surface area (Å²) >= 11 is 0. The maximum atomic E-state index is 5.66. The van der Waals surface area contributed by atoms with Crippen molar-refractivity contribution in [2.24, 2.45) is 0 Å². The third kappa shape index (κ3) is 2.81. The Morgan fingerprint density at radius 1 is 1.16 bits per heavy atom. The van der Waals surface area contributed by atoms with Gasteiger partial charge in [0.05, 0.1) is 12.7 Å². The van der Waals surface area contributed by atoms with Crippen molar-refractivity contribution in [2.75, 3.05) is 12.8 Å². The summed E-state index contributed by atoms with van der Waals surface area (Å²) in [5.41, 5.74) is 7.69. The molecule has 1 heterocycles. The molecular formula is C14H18N4O. The summed E-state index contributed by atoms with van der Waals surface area (Å²) in [6.07, 6.45) is 0. The number of aryl methyl sites for hydroxylation is 1. The average Bonchev–Trinajstić information content (AvgIpc) is 2.36. The number of hydrogen-bond donors (Lipinski definition) is 1. The lowest BCUT2D eigenvalue weighted by molar-refractivity contribution is 0.415. The van der Waals surface area contributed by atoms with Crippen molar-refractivity contribution in [3.63, 3.8) is 0 Å². The quantitative estimate of drug-likeness (QED) is 0.915. The molecule has 0 aliphatic heterocycles. The molecule has 19 heavy (non-hydrogen) atoms. The van der Waals surface area contributed by atoms with Crippen molar-refractivity contribution in [2.45, 2.75) is 26.7 Å². The van der Waals surface area contributed by atoms with Gasteiger partial charge in [-0.05, 0) is 30.5 Å². The number of hydrogen-bond acceptors (Lipinski definition) is 5. The minimum absolute atomic E-state index is 0.220. The number of nitrogens with two attached hydrogens (primary N) is 1. The summed E-state index contributed by atoms with van der Waals surface area (Å²) < 4.78 is 5.43. The van der Waals surface area contributed by atoms with Crippen molar-refractivity contribution >= 4 is 5.95 Å². The highest BCUT2D eigenvalue weighted by molar-refractivity contribution is 5.65. The lowest BCUT2D eigenvalue weighted by Crippen LogP contribution is -2.03. The Kier molecular flexibility index (Phi) is 3.64. The monoisotopic (exact) mass is 258 g/mol. The number of nitrogens with zero attached hydrogens (tertiary/aromatic N) is 3. The molecule has 0 aliphatic rings. The lowest BCUT2D eigenvalue weighted by Gasteiger charge is -2.12. The van der Waals surface area contributed by atoms with Gasteiger partial charge in [0.25, 0.3) is 0 Å². The second kappa shape index (κ2) is 5.22. The molecule has 5 nitrogen and oxygen atoms in total. The third-order valence-electron chi connectivity index (χ3n) is 2.90. The Labute approximate surface area is 112 Å². The number of aromatic nitrogens is 3. The minimum Gasteiger partial charge on any atom is -0.496 e. The highest BCUT2D eigenvalue weighted by atomic mass is 16.5. The van der Waals surface area contributed by atoms with Gasteiger partial charge in [-0.3, -0.25) is 0 Å². The van der Waals surface area contributed by atoms with E-state index in [-0.39, 0.29) is 5.95 Å². The van der Waals surface area contributed by atoms with E-state index in [1.807, 2.05) is 12.1 Å². The number of rotatable bonds is 3. The molecule has 0 amide bonds. The summed E-state index contributed by atoms with van der Waals surface area (Å²) in [5, 5.41) is 0. The molecule has 5 heteroatoms. The molecule has 1 aromatic carbocycles. The lowest BCUT2D eigenvalue weighted by atomic mass is 10.0. The van der Waals surface area contributed by atoms with E-state index in [9.17, 15) is 0 Å². The van der Waals surface area contributed by atoms with E-state index in [4.69, 9.17) is 10.5 Å². The van der Waals surface area contributed by atoms with Gasteiger partial charge in [-0.15, -0.1) is 0 Å². The summed E-state index contributed by atoms with van der Waals surface area (Å²) in [7, 11) is 1.64. The number of anilines is 1. The van der Waals surface area contributed by atoms with E-state index in [1.54, 1.807) is 14.0 Å². The molecule has 1 aromatic heterocycles. The summed E-state index contributed by atoms with van der Waals surface area (Å²) in [6.45, 7) is 6.07. The molecule has 2 rings (SSSR count). The maximum absolute atomic E-state index is 5.66. The molecule has 0 unspecified atom stereocenters. The molecular weight excluding hydrogens is 240 g/mol. The molecule has 0 saturated heterocycles. The Hall–Kier alpha value is -2.17. The van der Waals surface area contributed by atoms with Crippen LogP contribution in [0, 0.1) is 6.92 Å². The Bertz CT molecular complexity index is 576. The van der Waals surface area contributed by atoms with Crippen LogP contribution in [0.2, 0.25) is 0 Å². The molecule has 2 aromatic rings. The molecule has 0 spiro atoms. The second-order valence-electron chi connectivity index (χ2n) is 4.68. The Morgan fingerprint density at radius 2 is 1.89 bits per heavy atom. The predicted octanol–water partition coefficient (Wildman–Crippen LogP) is 2.56. The van der Waals surface area contributed by atoms with Gasteiger partial charge in [0, 0.05) is 0 Å². The van der Waals surface area contributed by atoms with E-state index >= 15 is 0 Å². The number of nitrogen functional groups attached to an aromatic ring is 1. The maximum Gasteiger partial charge on any atom is 0.223 e. The fraction of sp³-hybridized carbons (Fsp3) is 0.357. The highest BCUT2D eigenvalue weighted by Gasteiger charge is 2.12. The van der Waals surface area contributed by atoms with Crippen LogP contribution in [0.15, 0.2) is 18.2 Å². The fourth-order valence-electron chi connectivity index (χ4n) is 1.87. The van der Waals surface area contributed by atoms with Crippen molar-refractivity contribution in [1.82, 2.24) is 15.0 Å². The van der Waals surface area contributed by atoms with Crippen molar-refractivity contribution in [3.8, 4) is 17.1 Å². The van der Waals surface area contributed by atoms with E-state index in [2.05, 4.69) is 34.9 Å². The van der Waals surface area contributed by atoms with Crippen LogP contribution in [0.4, 0.5) is 5.95 Å². The summed E-state index contributed by atoms with van der Waals surface area (Å²) in [5.74, 6) is 2.54. The molecule has 100 valence electrons. The standard InChI is InChI=1S/C14H18N4O/c1-8(2)10-5-6-11(12(7-10)19-4)13-16-9(3)17-14(15)18-13/h5-8H,1-4H3,(H2,15,16,17,18). The van der Waals surface area contributed by atoms with Gasteiger partial charge >= 0.3 is 0 Å². The van der Waals surface area contributed by atoms with Crippen LogP contribution in [-0.2, 0) is 0 Å². The topological polar surface area (TPSA) is 73.9 Å². The van der Waals surface area contributed by atoms with Crippen molar-refractivity contribution in [1.29, 1.82) is 0 Å². The smallest absolute Gasteiger partial charge is 0.223 e. The first kappa shape index (κ1) is 13.3. The van der Waals surface area contributed by atoms with E-state index in [0.29, 0.717) is 17.6 Å². The van der Waals surface area contributed by atoms with E-state index in [0.717, 1.165) is 11.3 Å². The van der Waals surface area contributed by atoms with Crippen LogP contribution in [0.3, 0.4) is 0 Å². The number of ether oxygens (including phenoxy) is 1. The van der Waals surface area contributed by atoms with E-state index in [1.165, 1.54) is 5.56 Å². The molecule has 0 saturated carbocycles. The van der Waals surface area contributed by atoms with E-state index < -0.39 is 0 Å². The van der Waals surface area contributed by atoms with Crippen LogP contribution in [0.5, 0.6) is 5.75 Å². The van der Waals surface area contributed by atoms with Gasteiger partial charge in [-0.1, -0.05) is 19.9 Å². The largest absolute Gasteiger partial charge is 0.496 e. The average molecular weight is 258 g/mol. The van der Waals surface area contributed by atoms with Gasteiger partial charge < -0.3 is 10.5 Å². The molecule has 0 bridgehead atoms. The van der Waals surface area contributed by atoms with Crippen molar-refractivity contribution < 1.29 is 4.74 Å². The number of methoxy groups -OCH3 is 1. The van der Waals surface area contributed by atoms with Gasteiger partial charge in [-0.2, -0.15) is 9.97 Å². The number of benzene rings is 1. The molecule has 0 radical (unpaired) electrons. The first-order valence-corrected chi connectivity index (χ1v) is 6.17. The van der Waals surface area contributed by atoms with Gasteiger partial charge in [-0.25, -0.2) is 4.98 Å². The zero-order valence-electron chi connectivity index (χ0n) is 11.6. The molecule has 0 aliphatic carbocycles. The highest BCUT2D eigenvalue weighted by Crippen LogP contribution is 2.31. The Morgan fingerprint density at radius 3 is 2.47 bits per heavy atom. The summed E-state index contributed by atoms with van der Waals surface area (Å²) in [4.78, 5) is 12.4. The SMILES string of the molecule is COc1cc(C(C)C)ccc1-c1nc(C)nc(N)n1. The van der Waals surface area contributed by atoms with Crippen LogP contribution in [0.25, 0.3) is 11.4 Å². The van der Waals surface area contributed by atoms with Gasteiger partial charge in [0.2, 0.25) is 5.95 Å². The summed E-state index contributed by atoms with van der Waals surface area (Å²) in [6, 6.07) is 6.02. The van der Waals surface area contributed by atoms with Crippen LogP contribution < -0.4 is 10.5 Å². The van der Waals surface area contributed by atoms with Gasteiger partial charge in [0.1, 0.15) is 11.6 Å². The minimum atomic E-state index is 0.220. The van der Waals surface area contributed by atoms with Crippen LogP contribution in [0.1, 0.15) is 31.2 Å². The molecule has 0 atom stereocenters. The van der Waals surface area contributed by atoms with Crippen LogP contribution in [-0.4, -0.2) is 22.1 Å². The first-order chi connectivity index (χ1) is 9.01. The zero-order chi connectivity index (χ0) is 14.0. The van der Waals surface area contributed by atoms with Gasteiger partial charge in [0.15, 0.2) is 5.82 Å². The van der Waals surface area contributed by atoms with Crippen LogP contribution >= 0.6 is 0 Å². The molecule has 0 fully saturated rings. The predicted molar refractivity (Wildman–Crippen MR) is 75.1 cm³/mol. The normalized spacial score (nSPS) is 10.8. The second-order valence-corrected chi connectivity index (χ2v) is 4.68. The zero-order valence-corrected chi connectivity index (χ0v) is 11.6.